The molecule has 0 N–H and O–H groups in total. The van der Waals surface area contributed by atoms with E-state index in [0.717, 1.165) is 32.6 Å². The highest BCUT2D eigenvalue weighted by Gasteiger charge is 2.37. The topological polar surface area (TPSA) is 54.3 Å². The zero-order valence-electron chi connectivity index (χ0n) is 14.7. The Kier molecular flexibility index (Phi) is 4.53. The van der Waals surface area contributed by atoms with Crippen LogP contribution >= 0.6 is 0 Å². The molecule has 25 heavy (non-hydrogen) atoms. The molecule has 132 valence electrons. The van der Waals surface area contributed by atoms with Gasteiger partial charge in [0.1, 0.15) is 5.69 Å². The number of carbonyl (C=O) groups excluding carboxylic acids is 1. The molecule has 6 heteroatoms. The van der Waals surface area contributed by atoms with Crippen LogP contribution in [0.2, 0.25) is 0 Å². The number of hydrogen-bond acceptors (Lipinski definition) is 4. The normalized spacial score (nSPS) is 24.1. The first-order valence-corrected chi connectivity index (χ1v) is 9.14. The minimum absolute atomic E-state index is 0.0612. The summed E-state index contributed by atoms with van der Waals surface area (Å²) >= 11 is 0. The lowest BCUT2D eigenvalue weighted by Crippen LogP contribution is -2.54. The molecule has 1 aromatic heterocycles. The fraction of sp³-hybridized carbons (Fsp3) is 0.526. The molecule has 2 atom stereocenters. The number of likely N-dealkylation sites (tertiary alicyclic amines) is 2. The van der Waals surface area contributed by atoms with Crippen LogP contribution in [0.1, 0.15) is 35.3 Å². The predicted octanol–water partition coefficient (Wildman–Crippen LogP) is 1.94. The molecule has 6 nitrogen and oxygen atoms in total. The van der Waals surface area contributed by atoms with Crippen molar-refractivity contribution in [1.29, 1.82) is 0 Å². The van der Waals surface area contributed by atoms with Crippen molar-refractivity contribution in [2.24, 2.45) is 13.0 Å². The van der Waals surface area contributed by atoms with Crippen molar-refractivity contribution in [3.05, 3.63) is 47.8 Å². The number of benzene rings is 1. The number of rotatable bonds is 3. The minimum atomic E-state index is 0.0612. The Balaban J connectivity index is 1.43. The van der Waals surface area contributed by atoms with E-state index in [2.05, 4.69) is 45.5 Å². The molecule has 1 aromatic carbocycles. The molecule has 2 aliphatic rings. The Morgan fingerprint density at radius 2 is 2.04 bits per heavy atom. The number of piperidine rings is 2. The first kappa shape index (κ1) is 16.3. The highest BCUT2D eigenvalue weighted by Crippen LogP contribution is 2.32. The third kappa shape index (κ3) is 3.31. The van der Waals surface area contributed by atoms with Crippen LogP contribution in [0.5, 0.6) is 0 Å². The maximum atomic E-state index is 12.7. The van der Waals surface area contributed by atoms with Crippen LogP contribution in [0.25, 0.3) is 0 Å². The van der Waals surface area contributed by atoms with E-state index in [4.69, 9.17) is 0 Å². The lowest BCUT2D eigenvalue weighted by Gasteiger charge is -2.47. The Bertz CT molecular complexity index is 728. The second kappa shape index (κ2) is 6.96. The molecule has 4 rings (SSSR count). The van der Waals surface area contributed by atoms with Crippen molar-refractivity contribution in [3.8, 4) is 0 Å². The lowest BCUT2D eigenvalue weighted by molar-refractivity contribution is 0.0170. The van der Waals surface area contributed by atoms with Gasteiger partial charge in [-0.3, -0.25) is 9.69 Å². The van der Waals surface area contributed by atoms with Crippen molar-refractivity contribution >= 4 is 5.91 Å². The Hall–Kier alpha value is -2.21. The summed E-state index contributed by atoms with van der Waals surface area (Å²) in [5.74, 6) is 0.627. The van der Waals surface area contributed by atoms with E-state index in [1.807, 2.05) is 4.90 Å². The van der Waals surface area contributed by atoms with Crippen LogP contribution in [0.3, 0.4) is 0 Å². The Labute approximate surface area is 148 Å². The average Bonchev–Trinajstić information content (AvgIpc) is 3.08. The molecule has 2 aromatic rings. The number of aromatic nitrogens is 3. The van der Waals surface area contributed by atoms with Gasteiger partial charge in [0.05, 0.1) is 6.20 Å². The zero-order chi connectivity index (χ0) is 17.2. The number of hydrogen-bond donors (Lipinski definition) is 0. The summed E-state index contributed by atoms with van der Waals surface area (Å²) in [7, 11) is 1.77. The van der Waals surface area contributed by atoms with Gasteiger partial charge in [0, 0.05) is 32.7 Å². The third-order valence-electron chi connectivity index (χ3n) is 5.63. The molecule has 1 amide bonds. The smallest absolute Gasteiger partial charge is 0.273 e. The molecular formula is C19H25N5O. The largest absolute Gasteiger partial charge is 0.337 e. The molecule has 0 saturated carbocycles. The summed E-state index contributed by atoms with van der Waals surface area (Å²) in [6.45, 7) is 3.84. The van der Waals surface area contributed by atoms with Gasteiger partial charge in [-0.15, -0.1) is 5.10 Å². The fourth-order valence-electron chi connectivity index (χ4n) is 4.35. The van der Waals surface area contributed by atoms with E-state index in [0.29, 0.717) is 17.7 Å². The summed E-state index contributed by atoms with van der Waals surface area (Å²) in [4.78, 5) is 17.4. The minimum Gasteiger partial charge on any atom is -0.337 e. The van der Waals surface area contributed by atoms with E-state index >= 15 is 0 Å². The van der Waals surface area contributed by atoms with Gasteiger partial charge in [0.2, 0.25) is 0 Å². The number of nitrogens with zero attached hydrogens (tertiary/aromatic N) is 5. The lowest BCUT2D eigenvalue weighted by atomic mass is 9.83. The van der Waals surface area contributed by atoms with Gasteiger partial charge in [-0.25, -0.2) is 4.68 Å². The molecule has 0 bridgehead atoms. The van der Waals surface area contributed by atoms with Crippen LogP contribution in [0.15, 0.2) is 36.5 Å². The first-order chi connectivity index (χ1) is 12.2. The van der Waals surface area contributed by atoms with E-state index in [9.17, 15) is 4.79 Å². The van der Waals surface area contributed by atoms with Crippen LogP contribution in [0.4, 0.5) is 0 Å². The van der Waals surface area contributed by atoms with Crippen LogP contribution in [0, 0.1) is 5.92 Å². The van der Waals surface area contributed by atoms with Gasteiger partial charge in [-0.1, -0.05) is 35.5 Å². The van der Waals surface area contributed by atoms with Crippen LogP contribution in [-0.2, 0) is 13.6 Å². The summed E-state index contributed by atoms with van der Waals surface area (Å²) in [5.41, 5.74) is 1.96. The number of aryl methyl sites for hydroxylation is 1. The summed E-state index contributed by atoms with van der Waals surface area (Å²) in [6.07, 6.45) is 5.04. The molecule has 0 aliphatic carbocycles. The predicted molar refractivity (Wildman–Crippen MR) is 94.9 cm³/mol. The van der Waals surface area contributed by atoms with E-state index in [-0.39, 0.29) is 5.91 Å². The zero-order valence-corrected chi connectivity index (χ0v) is 14.7. The van der Waals surface area contributed by atoms with Gasteiger partial charge in [-0.2, -0.15) is 0 Å². The maximum absolute atomic E-state index is 12.7. The summed E-state index contributed by atoms with van der Waals surface area (Å²) in [6, 6.07) is 11.3. The van der Waals surface area contributed by atoms with E-state index in [1.54, 1.807) is 17.9 Å². The fourth-order valence-corrected chi connectivity index (χ4v) is 4.35. The highest BCUT2D eigenvalue weighted by atomic mass is 16.2. The number of fused-ring (bicyclic) bond motifs is 1. The monoisotopic (exact) mass is 339 g/mol. The second-order valence-corrected chi connectivity index (χ2v) is 7.21. The average molecular weight is 339 g/mol. The van der Waals surface area contributed by atoms with Crippen molar-refractivity contribution in [2.45, 2.75) is 31.8 Å². The van der Waals surface area contributed by atoms with Crippen molar-refractivity contribution in [2.75, 3.05) is 19.6 Å². The molecule has 2 aliphatic heterocycles. The van der Waals surface area contributed by atoms with E-state index in [1.165, 1.54) is 18.4 Å². The second-order valence-electron chi connectivity index (χ2n) is 7.21. The van der Waals surface area contributed by atoms with Crippen LogP contribution in [-0.4, -0.2) is 56.4 Å². The van der Waals surface area contributed by atoms with Gasteiger partial charge in [-0.05, 0) is 37.3 Å². The van der Waals surface area contributed by atoms with Crippen LogP contribution < -0.4 is 0 Å². The van der Waals surface area contributed by atoms with Crippen molar-refractivity contribution < 1.29 is 4.79 Å². The van der Waals surface area contributed by atoms with Crippen molar-refractivity contribution in [3.63, 3.8) is 0 Å². The standard InChI is InChI=1S/C19H25N5O/c1-22-18(12-20-21-22)19(25)24-11-9-17-16(14-24)8-5-10-23(17)13-15-6-3-2-4-7-15/h2-4,6-7,12,16-17H,5,8-11,13-14H2,1H3. The molecule has 0 radical (unpaired) electrons. The van der Waals surface area contributed by atoms with E-state index < -0.39 is 0 Å². The van der Waals surface area contributed by atoms with Gasteiger partial charge < -0.3 is 4.90 Å². The maximum Gasteiger partial charge on any atom is 0.273 e. The Morgan fingerprint density at radius 3 is 2.80 bits per heavy atom. The number of carbonyl (C=O) groups is 1. The highest BCUT2D eigenvalue weighted by molar-refractivity contribution is 5.92. The molecule has 0 spiro atoms. The summed E-state index contributed by atoms with van der Waals surface area (Å²) < 4.78 is 1.57. The first-order valence-electron chi connectivity index (χ1n) is 9.14. The molecular weight excluding hydrogens is 314 g/mol. The van der Waals surface area contributed by atoms with Crippen molar-refractivity contribution in [1.82, 2.24) is 24.8 Å². The molecule has 2 saturated heterocycles. The van der Waals surface area contributed by atoms with Gasteiger partial charge >= 0.3 is 0 Å². The molecule has 3 heterocycles. The Morgan fingerprint density at radius 1 is 1.20 bits per heavy atom. The SMILES string of the molecule is Cn1nncc1C(=O)N1CCC2C(CCCN2Cc2ccccc2)C1. The molecule has 2 fully saturated rings. The van der Waals surface area contributed by atoms with Gasteiger partial charge in [0.15, 0.2) is 0 Å². The summed E-state index contributed by atoms with van der Waals surface area (Å²) in [5, 5.41) is 7.72. The molecule has 2 unspecified atom stereocenters. The quantitative estimate of drug-likeness (QED) is 0.858. The van der Waals surface area contributed by atoms with Gasteiger partial charge in [0.25, 0.3) is 5.91 Å². The third-order valence-corrected chi connectivity index (χ3v) is 5.63. The number of amides is 1.